The highest BCUT2D eigenvalue weighted by Gasteiger charge is 2.48. The van der Waals surface area contributed by atoms with Gasteiger partial charge in [-0.2, -0.15) is 0 Å². The van der Waals surface area contributed by atoms with Crippen LogP contribution in [0.5, 0.6) is 0 Å². The molecule has 1 saturated carbocycles. The largest absolute Gasteiger partial charge is 0.350 e. The molecule has 24 heavy (non-hydrogen) atoms. The smallest absolute Gasteiger partial charge is 0.228 e. The fourth-order valence-electron chi connectivity index (χ4n) is 2.54. The summed E-state index contributed by atoms with van der Waals surface area (Å²) in [6.45, 7) is 2.27. The van der Waals surface area contributed by atoms with Gasteiger partial charge in [-0.25, -0.2) is 0 Å². The quantitative estimate of drug-likeness (QED) is 0.876. The number of hydrogen-bond acceptors (Lipinski definition) is 3. The number of benzene rings is 1. The molecule has 1 aliphatic rings. The first-order valence-corrected chi connectivity index (χ1v) is 8.17. The second-order valence-corrected chi connectivity index (χ2v) is 6.37. The van der Waals surface area contributed by atoms with Crippen molar-refractivity contribution in [3.8, 4) is 0 Å². The van der Waals surface area contributed by atoms with Gasteiger partial charge in [0.05, 0.1) is 24.1 Å². The number of carbonyl (C=O) groups is 2. The Morgan fingerprint density at radius 3 is 2.75 bits per heavy atom. The number of nitrogens with one attached hydrogen (secondary N) is 2. The first kappa shape index (κ1) is 16.5. The average Bonchev–Trinajstić information content (AvgIpc) is 3.38. The molecule has 1 aromatic heterocycles. The van der Waals surface area contributed by atoms with E-state index in [-0.39, 0.29) is 23.7 Å². The minimum atomic E-state index is -0.285. The molecule has 124 valence electrons. The molecule has 2 N–H and O–H groups in total. The topological polar surface area (TPSA) is 71.1 Å². The van der Waals surface area contributed by atoms with Gasteiger partial charge >= 0.3 is 0 Å². The lowest BCUT2D eigenvalue weighted by Crippen LogP contribution is -2.27. The number of aryl methyl sites for hydroxylation is 1. The summed E-state index contributed by atoms with van der Waals surface area (Å²) in [4.78, 5) is 28.6. The van der Waals surface area contributed by atoms with Gasteiger partial charge in [-0.3, -0.25) is 14.6 Å². The summed E-state index contributed by atoms with van der Waals surface area (Å²) in [6.07, 6.45) is 2.25. The molecule has 1 aromatic carbocycles. The SMILES string of the molecule is Cc1ccc(Cl)cc1NC(=O)C1CC1C(=O)NCc1ccccn1. The van der Waals surface area contributed by atoms with Crippen LogP contribution in [0.2, 0.25) is 5.02 Å². The summed E-state index contributed by atoms with van der Waals surface area (Å²) in [6, 6.07) is 10.9. The van der Waals surface area contributed by atoms with Crippen molar-refractivity contribution in [1.29, 1.82) is 0 Å². The maximum Gasteiger partial charge on any atom is 0.228 e. The molecular weight excluding hydrogens is 326 g/mol. The number of carbonyl (C=O) groups excluding carboxylic acids is 2. The number of hydrogen-bond donors (Lipinski definition) is 2. The van der Waals surface area contributed by atoms with Crippen molar-refractivity contribution in [3.05, 3.63) is 58.9 Å². The van der Waals surface area contributed by atoms with Crippen molar-refractivity contribution < 1.29 is 9.59 Å². The van der Waals surface area contributed by atoms with Crippen molar-refractivity contribution in [2.24, 2.45) is 11.8 Å². The summed E-state index contributed by atoms with van der Waals surface area (Å²) in [5.74, 6) is -0.803. The molecule has 2 amide bonds. The van der Waals surface area contributed by atoms with E-state index in [0.717, 1.165) is 11.3 Å². The van der Waals surface area contributed by atoms with Crippen LogP contribution in [0.25, 0.3) is 0 Å². The molecule has 1 heterocycles. The molecule has 6 heteroatoms. The van der Waals surface area contributed by atoms with Crippen LogP contribution in [0, 0.1) is 18.8 Å². The van der Waals surface area contributed by atoms with Gasteiger partial charge in [0.15, 0.2) is 0 Å². The van der Waals surface area contributed by atoms with Crippen LogP contribution in [0.4, 0.5) is 5.69 Å². The number of halogens is 1. The van der Waals surface area contributed by atoms with E-state index in [0.29, 0.717) is 23.7 Å². The van der Waals surface area contributed by atoms with Gasteiger partial charge in [-0.05, 0) is 43.2 Å². The van der Waals surface area contributed by atoms with E-state index in [9.17, 15) is 9.59 Å². The van der Waals surface area contributed by atoms with Crippen molar-refractivity contribution in [2.75, 3.05) is 5.32 Å². The Balaban J connectivity index is 1.52. The molecule has 0 saturated heterocycles. The standard InChI is InChI=1S/C18H18ClN3O2/c1-11-5-6-12(19)8-16(11)22-18(24)15-9-14(15)17(23)21-10-13-4-2-3-7-20-13/h2-8,14-15H,9-10H2,1H3,(H,21,23)(H,22,24). The second kappa shape index (κ2) is 7.01. The number of anilines is 1. The molecule has 5 nitrogen and oxygen atoms in total. The van der Waals surface area contributed by atoms with Gasteiger partial charge in [0.25, 0.3) is 0 Å². The molecule has 1 fully saturated rings. The van der Waals surface area contributed by atoms with E-state index in [1.54, 1.807) is 18.3 Å². The highest BCUT2D eigenvalue weighted by molar-refractivity contribution is 6.31. The highest BCUT2D eigenvalue weighted by atomic mass is 35.5. The zero-order valence-electron chi connectivity index (χ0n) is 13.3. The first-order chi connectivity index (χ1) is 11.5. The van der Waals surface area contributed by atoms with E-state index < -0.39 is 0 Å². The Kier molecular flexibility index (Phi) is 4.81. The molecule has 2 unspecified atom stereocenters. The minimum Gasteiger partial charge on any atom is -0.350 e. The summed E-state index contributed by atoms with van der Waals surface area (Å²) in [5.41, 5.74) is 2.42. The van der Waals surface area contributed by atoms with E-state index >= 15 is 0 Å². The Labute approximate surface area is 145 Å². The summed E-state index contributed by atoms with van der Waals surface area (Å²) >= 11 is 5.95. The van der Waals surface area contributed by atoms with Gasteiger partial charge in [0, 0.05) is 16.9 Å². The summed E-state index contributed by atoms with van der Waals surface area (Å²) in [5, 5.41) is 6.25. The first-order valence-electron chi connectivity index (χ1n) is 7.79. The zero-order valence-corrected chi connectivity index (χ0v) is 14.0. The third kappa shape index (κ3) is 3.92. The van der Waals surface area contributed by atoms with Gasteiger partial charge in [0.1, 0.15) is 0 Å². The number of aromatic nitrogens is 1. The molecule has 0 aliphatic heterocycles. The molecule has 0 radical (unpaired) electrons. The van der Waals surface area contributed by atoms with E-state index in [1.807, 2.05) is 31.2 Å². The lowest BCUT2D eigenvalue weighted by atomic mass is 10.2. The zero-order chi connectivity index (χ0) is 17.1. The molecular formula is C18H18ClN3O2. The third-order valence-electron chi connectivity index (χ3n) is 4.09. The van der Waals surface area contributed by atoms with Crippen LogP contribution in [0.1, 0.15) is 17.7 Å². The monoisotopic (exact) mass is 343 g/mol. The molecule has 0 bridgehead atoms. The summed E-state index contributed by atoms with van der Waals surface area (Å²) in [7, 11) is 0. The van der Waals surface area contributed by atoms with Crippen molar-refractivity contribution in [3.63, 3.8) is 0 Å². The Bertz CT molecular complexity index is 764. The fourth-order valence-corrected chi connectivity index (χ4v) is 2.71. The molecule has 2 aromatic rings. The lowest BCUT2D eigenvalue weighted by molar-refractivity contribution is -0.125. The van der Waals surface area contributed by atoms with E-state index in [4.69, 9.17) is 11.6 Å². The average molecular weight is 344 g/mol. The molecule has 1 aliphatic carbocycles. The fraction of sp³-hybridized carbons (Fsp3) is 0.278. The number of pyridine rings is 1. The normalized spacial score (nSPS) is 18.8. The predicted molar refractivity (Wildman–Crippen MR) is 92.5 cm³/mol. The van der Waals surface area contributed by atoms with Crippen molar-refractivity contribution in [1.82, 2.24) is 10.3 Å². The van der Waals surface area contributed by atoms with E-state index in [1.165, 1.54) is 0 Å². The van der Waals surface area contributed by atoms with Gasteiger partial charge in [-0.1, -0.05) is 23.7 Å². The van der Waals surface area contributed by atoms with Crippen molar-refractivity contribution >= 4 is 29.1 Å². The second-order valence-electron chi connectivity index (χ2n) is 5.94. The molecule has 0 spiro atoms. The van der Waals surface area contributed by atoms with Crippen LogP contribution in [0.3, 0.4) is 0 Å². The number of rotatable bonds is 5. The lowest BCUT2D eigenvalue weighted by Gasteiger charge is -2.09. The van der Waals surface area contributed by atoms with E-state index in [2.05, 4.69) is 15.6 Å². The number of amides is 2. The highest BCUT2D eigenvalue weighted by Crippen LogP contribution is 2.39. The predicted octanol–water partition coefficient (Wildman–Crippen LogP) is 2.93. The number of nitrogens with zero attached hydrogens (tertiary/aromatic N) is 1. The van der Waals surface area contributed by atoms with Crippen LogP contribution in [0.15, 0.2) is 42.6 Å². The minimum absolute atomic E-state index is 0.108. The van der Waals surface area contributed by atoms with Crippen LogP contribution in [-0.4, -0.2) is 16.8 Å². The van der Waals surface area contributed by atoms with Crippen molar-refractivity contribution in [2.45, 2.75) is 19.9 Å². The Hall–Kier alpha value is -2.40. The van der Waals surface area contributed by atoms with Gasteiger partial charge in [0.2, 0.25) is 11.8 Å². The van der Waals surface area contributed by atoms with Crippen LogP contribution < -0.4 is 10.6 Å². The maximum atomic E-state index is 12.3. The van der Waals surface area contributed by atoms with Crippen LogP contribution >= 0.6 is 11.6 Å². The van der Waals surface area contributed by atoms with Gasteiger partial charge < -0.3 is 10.6 Å². The summed E-state index contributed by atoms with van der Waals surface area (Å²) < 4.78 is 0. The maximum absolute atomic E-state index is 12.3. The van der Waals surface area contributed by atoms with Gasteiger partial charge in [-0.15, -0.1) is 0 Å². The Morgan fingerprint density at radius 1 is 1.21 bits per heavy atom. The molecule has 2 atom stereocenters. The third-order valence-corrected chi connectivity index (χ3v) is 4.33. The Morgan fingerprint density at radius 2 is 2.00 bits per heavy atom. The van der Waals surface area contributed by atoms with Crippen LogP contribution in [-0.2, 0) is 16.1 Å². The molecule has 3 rings (SSSR count).